The molecule has 29 heavy (non-hydrogen) atoms. The molecule has 1 aliphatic carbocycles. The van der Waals surface area contributed by atoms with Crippen molar-refractivity contribution in [2.24, 2.45) is 0 Å². The molecule has 0 aromatic carbocycles. The van der Waals surface area contributed by atoms with E-state index in [0.29, 0.717) is 47.5 Å². The number of ketones is 2. The Morgan fingerprint density at radius 2 is 1.86 bits per heavy atom. The van der Waals surface area contributed by atoms with E-state index in [4.69, 9.17) is 9.47 Å². The molecule has 0 aliphatic heterocycles. The fourth-order valence-corrected chi connectivity index (χ4v) is 2.93. The zero-order valence-corrected chi connectivity index (χ0v) is 16.4. The van der Waals surface area contributed by atoms with Crippen LogP contribution in [0.25, 0.3) is 11.0 Å². The predicted molar refractivity (Wildman–Crippen MR) is 108 cm³/mol. The van der Waals surface area contributed by atoms with Gasteiger partial charge in [-0.15, -0.1) is 11.8 Å². The number of hydrogen-bond acceptors (Lipinski definition) is 6. The average Bonchev–Trinajstić information content (AvgIpc) is 2.73. The van der Waals surface area contributed by atoms with Crippen LogP contribution >= 0.6 is 0 Å². The number of nitrogens with zero attached hydrogens (tertiary/aromatic N) is 2. The summed E-state index contributed by atoms with van der Waals surface area (Å²) in [7, 11) is 0. The lowest BCUT2D eigenvalue weighted by molar-refractivity contribution is -0.116. The van der Waals surface area contributed by atoms with Gasteiger partial charge in [-0.3, -0.25) is 9.59 Å². The number of allylic oxidation sites excluding steroid dienone is 2. The van der Waals surface area contributed by atoms with Crippen LogP contribution in [-0.2, 0) is 9.53 Å². The summed E-state index contributed by atoms with van der Waals surface area (Å²) in [4.78, 5) is 34.0. The maximum absolute atomic E-state index is 13.0. The minimum atomic E-state index is -0.387. The number of rotatable bonds is 6. The maximum atomic E-state index is 13.0. The minimum absolute atomic E-state index is 0.0985. The Morgan fingerprint density at radius 3 is 2.62 bits per heavy atom. The number of hydrogen-bond donors (Lipinski definition) is 0. The van der Waals surface area contributed by atoms with E-state index in [0.717, 1.165) is 0 Å². The minimum Gasteiger partial charge on any atom is -0.484 e. The first-order valence-corrected chi connectivity index (χ1v) is 9.26. The van der Waals surface area contributed by atoms with Gasteiger partial charge in [0.2, 0.25) is 11.7 Å². The molecule has 0 saturated carbocycles. The van der Waals surface area contributed by atoms with Gasteiger partial charge in [0.1, 0.15) is 17.9 Å². The molecule has 0 radical (unpaired) electrons. The van der Waals surface area contributed by atoms with E-state index in [-0.39, 0.29) is 30.4 Å². The average molecular weight is 388 g/mol. The molecular weight excluding hydrogens is 368 g/mol. The monoisotopic (exact) mass is 388 g/mol. The topological polar surface area (TPSA) is 78.4 Å². The Labute approximate surface area is 169 Å². The summed E-state index contributed by atoms with van der Waals surface area (Å²) >= 11 is 0. The Hall–Kier alpha value is -3.64. The predicted octanol–water partition coefficient (Wildman–Crippen LogP) is 3.26. The van der Waals surface area contributed by atoms with Gasteiger partial charge >= 0.3 is 0 Å². The van der Waals surface area contributed by atoms with Crippen LogP contribution in [0.5, 0.6) is 5.88 Å². The summed E-state index contributed by atoms with van der Waals surface area (Å²) in [5.74, 6) is 11.3. The lowest BCUT2D eigenvalue weighted by atomic mass is 9.90. The van der Waals surface area contributed by atoms with Gasteiger partial charge in [-0.2, -0.15) is 4.98 Å². The second-order valence-electron chi connectivity index (χ2n) is 6.26. The first-order valence-electron chi connectivity index (χ1n) is 9.26. The van der Waals surface area contributed by atoms with E-state index < -0.39 is 0 Å². The van der Waals surface area contributed by atoms with Crippen molar-refractivity contribution in [3.8, 4) is 29.6 Å². The zero-order chi connectivity index (χ0) is 20.6. The lowest BCUT2D eigenvalue weighted by Crippen LogP contribution is -2.21. The second-order valence-corrected chi connectivity index (χ2v) is 6.26. The fraction of sp³-hybridized carbons (Fsp3) is 0.304. The van der Waals surface area contributed by atoms with Gasteiger partial charge in [0, 0.05) is 36.1 Å². The quantitative estimate of drug-likeness (QED) is 0.429. The molecular formula is C23H20N2O4. The highest BCUT2D eigenvalue weighted by Gasteiger charge is 2.29. The number of Topliss-reactive ketones (excluding diaryl/α,β-unsaturated/α-hetero) is 2. The molecule has 146 valence electrons. The van der Waals surface area contributed by atoms with Gasteiger partial charge in [-0.25, -0.2) is 4.98 Å². The molecule has 0 unspecified atom stereocenters. The molecule has 0 fully saturated rings. The summed E-state index contributed by atoms with van der Waals surface area (Å²) in [5.41, 5.74) is 0.862. The molecule has 6 nitrogen and oxygen atoms in total. The Balaban J connectivity index is 1.89. The highest BCUT2D eigenvalue weighted by atomic mass is 16.5. The SMILES string of the molecule is CC#CCOC1=C(C(=O)c2cnc3nc(OCC#CC)ccc3c2)C(=O)CCC1. The standard InChI is InChI=1S/C23H20N2O4/c1-3-5-12-28-19-9-7-8-18(26)21(19)22(27)17-14-16-10-11-20(29-13-6-4-2)25-23(16)24-15-17/h10-11,14-15H,7-9,12-13H2,1-2H3. The Kier molecular flexibility index (Phi) is 6.60. The van der Waals surface area contributed by atoms with Crippen LogP contribution in [0.15, 0.2) is 35.7 Å². The molecule has 0 spiro atoms. The Morgan fingerprint density at radius 1 is 1.10 bits per heavy atom. The largest absolute Gasteiger partial charge is 0.484 e. The van der Waals surface area contributed by atoms with Crippen LogP contribution in [0.4, 0.5) is 0 Å². The van der Waals surface area contributed by atoms with Crippen molar-refractivity contribution in [2.45, 2.75) is 33.1 Å². The maximum Gasteiger partial charge on any atom is 0.216 e. The summed E-state index contributed by atoms with van der Waals surface area (Å²) in [6, 6.07) is 5.14. The first-order chi connectivity index (χ1) is 14.1. The van der Waals surface area contributed by atoms with Crippen LogP contribution in [-0.4, -0.2) is 34.7 Å². The summed E-state index contributed by atoms with van der Waals surface area (Å²) in [5, 5.41) is 0.674. The molecule has 3 rings (SSSR count). The number of aromatic nitrogens is 2. The van der Waals surface area contributed by atoms with E-state index in [2.05, 4.69) is 33.6 Å². The Bertz CT molecular complexity index is 1110. The van der Waals surface area contributed by atoms with Crippen molar-refractivity contribution in [1.29, 1.82) is 0 Å². The number of carbonyl (C=O) groups excluding carboxylic acids is 2. The van der Waals surface area contributed by atoms with Crippen molar-refractivity contribution in [3.63, 3.8) is 0 Å². The second kappa shape index (κ2) is 9.52. The third-order valence-electron chi connectivity index (χ3n) is 4.34. The van der Waals surface area contributed by atoms with Crippen LogP contribution in [0.3, 0.4) is 0 Å². The molecule has 0 atom stereocenters. The molecule has 1 aliphatic rings. The molecule has 0 bridgehead atoms. The van der Waals surface area contributed by atoms with Crippen molar-refractivity contribution < 1.29 is 19.1 Å². The van der Waals surface area contributed by atoms with Gasteiger partial charge in [-0.05, 0) is 32.4 Å². The molecule has 0 saturated heterocycles. The van der Waals surface area contributed by atoms with Crippen molar-refractivity contribution in [3.05, 3.63) is 41.3 Å². The van der Waals surface area contributed by atoms with Crippen LogP contribution in [0.2, 0.25) is 0 Å². The number of ether oxygens (including phenoxy) is 2. The van der Waals surface area contributed by atoms with Gasteiger partial charge < -0.3 is 9.47 Å². The van der Waals surface area contributed by atoms with Crippen LogP contribution < -0.4 is 4.74 Å². The van der Waals surface area contributed by atoms with Gasteiger partial charge in [0.05, 0.1) is 0 Å². The van der Waals surface area contributed by atoms with E-state index in [1.807, 2.05) is 0 Å². The lowest BCUT2D eigenvalue weighted by Gasteiger charge is -2.18. The zero-order valence-electron chi connectivity index (χ0n) is 16.4. The fourth-order valence-electron chi connectivity index (χ4n) is 2.93. The molecule has 0 N–H and O–H groups in total. The molecule has 0 amide bonds. The number of pyridine rings is 2. The molecule has 6 heteroatoms. The number of fused-ring (bicyclic) bond motifs is 1. The summed E-state index contributed by atoms with van der Waals surface area (Å²) < 4.78 is 11.0. The highest BCUT2D eigenvalue weighted by Crippen LogP contribution is 2.27. The van der Waals surface area contributed by atoms with E-state index in [9.17, 15) is 9.59 Å². The van der Waals surface area contributed by atoms with E-state index >= 15 is 0 Å². The van der Waals surface area contributed by atoms with Gasteiger partial charge in [-0.1, -0.05) is 11.8 Å². The van der Waals surface area contributed by atoms with Gasteiger partial charge in [0.15, 0.2) is 18.0 Å². The van der Waals surface area contributed by atoms with Crippen LogP contribution in [0, 0.1) is 23.7 Å². The third kappa shape index (κ3) is 4.80. The molecule has 2 aromatic rings. The normalized spacial score (nSPS) is 13.2. The smallest absolute Gasteiger partial charge is 0.216 e. The highest BCUT2D eigenvalue weighted by molar-refractivity contribution is 6.27. The van der Waals surface area contributed by atoms with E-state index in [1.54, 1.807) is 32.0 Å². The molecule has 2 heterocycles. The van der Waals surface area contributed by atoms with Crippen LogP contribution in [0.1, 0.15) is 43.5 Å². The summed E-state index contributed by atoms with van der Waals surface area (Å²) in [6.07, 6.45) is 2.96. The number of carbonyl (C=O) groups is 2. The van der Waals surface area contributed by atoms with E-state index in [1.165, 1.54) is 6.20 Å². The van der Waals surface area contributed by atoms with Crippen molar-refractivity contribution >= 4 is 22.6 Å². The third-order valence-corrected chi connectivity index (χ3v) is 4.34. The van der Waals surface area contributed by atoms with Crippen molar-refractivity contribution in [1.82, 2.24) is 9.97 Å². The van der Waals surface area contributed by atoms with Gasteiger partial charge in [0.25, 0.3) is 0 Å². The first kappa shape index (κ1) is 20.1. The summed E-state index contributed by atoms with van der Waals surface area (Å²) in [6.45, 7) is 3.84. The molecule has 2 aromatic heterocycles. The van der Waals surface area contributed by atoms with Crippen molar-refractivity contribution in [2.75, 3.05) is 13.2 Å².